The van der Waals surface area contributed by atoms with E-state index in [-0.39, 0.29) is 6.42 Å². The maximum absolute atomic E-state index is 10.7. The molecule has 0 radical (unpaired) electrons. The van der Waals surface area contributed by atoms with E-state index in [1.54, 1.807) is 0 Å². The van der Waals surface area contributed by atoms with E-state index in [0.29, 0.717) is 6.04 Å². The van der Waals surface area contributed by atoms with Gasteiger partial charge in [0.1, 0.15) is 0 Å². The zero-order valence-electron chi connectivity index (χ0n) is 15.1. The average Bonchev–Trinajstić information content (AvgIpc) is 2.79. The Kier molecular flexibility index (Phi) is 4.93. The van der Waals surface area contributed by atoms with E-state index in [1.807, 2.05) is 0 Å². The zero-order valence-corrected chi connectivity index (χ0v) is 15.1. The van der Waals surface area contributed by atoms with Gasteiger partial charge in [-0.3, -0.25) is 9.69 Å². The number of hydrogen-bond acceptors (Lipinski definition) is 3. The number of carboxylic acids is 1. The maximum Gasteiger partial charge on any atom is 0.303 e. The van der Waals surface area contributed by atoms with Crippen LogP contribution in [0, 0.1) is 0 Å². The Hall–Kier alpha value is -2.33. The summed E-state index contributed by atoms with van der Waals surface area (Å²) in [7, 11) is 0. The monoisotopic (exact) mass is 350 g/mol. The zero-order chi connectivity index (χ0) is 17.9. The highest BCUT2D eigenvalue weighted by molar-refractivity contribution is 5.66. The summed E-state index contributed by atoms with van der Waals surface area (Å²) in [6.07, 6.45) is 2.99. The molecule has 1 N–H and O–H groups in total. The van der Waals surface area contributed by atoms with Crippen LogP contribution in [-0.4, -0.2) is 42.2 Å². The van der Waals surface area contributed by atoms with E-state index >= 15 is 0 Å². The molecule has 2 aliphatic rings. The number of nitrogens with zero attached hydrogens (tertiary/aromatic N) is 2. The molecule has 0 amide bonds. The lowest BCUT2D eigenvalue weighted by molar-refractivity contribution is -0.137. The Balaban J connectivity index is 1.55. The Morgan fingerprint density at radius 1 is 1.00 bits per heavy atom. The number of carboxylic acid groups (broad SMARTS) is 1. The van der Waals surface area contributed by atoms with Crippen LogP contribution in [0.15, 0.2) is 48.5 Å². The summed E-state index contributed by atoms with van der Waals surface area (Å²) < 4.78 is 0. The molecule has 2 heterocycles. The first-order valence-corrected chi connectivity index (χ1v) is 9.59. The van der Waals surface area contributed by atoms with Gasteiger partial charge in [-0.25, -0.2) is 0 Å². The first-order chi connectivity index (χ1) is 12.7. The van der Waals surface area contributed by atoms with Crippen molar-refractivity contribution >= 4 is 11.7 Å². The Morgan fingerprint density at radius 3 is 2.62 bits per heavy atom. The van der Waals surface area contributed by atoms with Crippen molar-refractivity contribution in [2.24, 2.45) is 0 Å². The predicted molar refractivity (Wildman–Crippen MR) is 104 cm³/mol. The van der Waals surface area contributed by atoms with Crippen molar-refractivity contribution in [1.82, 2.24) is 4.90 Å². The van der Waals surface area contributed by atoms with E-state index in [2.05, 4.69) is 58.3 Å². The number of para-hydroxylation sites is 1. The number of hydrogen-bond donors (Lipinski definition) is 1. The van der Waals surface area contributed by atoms with Crippen LogP contribution in [0.2, 0.25) is 0 Å². The number of benzene rings is 2. The SMILES string of the molecule is O=C(O)CCCCN1CCN2c3ccccc3Cc3ccccc3C2C1. The third-order valence-corrected chi connectivity index (χ3v) is 5.68. The van der Waals surface area contributed by atoms with Crippen molar-refractivity contribution in [1.29, 1.82) is 0 Å². The van der Waals surface area contributed by atoms with Crippen molar-refractivity contribution in [3.63, 3.8) is 0 Å². The van der Waals surface area contributed by atoms with E-state index in [9.17, 15) is 4.79 Å². The fraction of sp³-hybridized carbons (Fsp3) is 0.409. The summed E-state index contributed by atoms with van der Waals surface area (Å²) >= 11 is 0. The molecule has 26 heavy (non-hydrogen) atoms. The number of aliphatic carboxylic acids is 1. The third kappa shape index (κ3) is 3.47. The smallest absolute Gasteiger partial charge is 0.303 e. The second-order valence-corrected chi connectivity index (χ2v) is 7.36. The largest absolute Gasteiger partial charge is 0.481 e. The van der Waals surface area contributed by atoms with E-state index < -0.39 is 5.97 Å². The lowest BCUT2D eigenvalue weighted by Crippen LogP contribution is -2.48. The second kappa shape index (κ2) is 7.50. The van der Waals surface area contributed by atoms with Gasteiger partial charge in [-0.2, -0.15) is 0 Å². The van der Waals surface area contributed by atoms with Crippen LogP contribution in [0.4, 0.5) is 5.69 Å². The van der Waals surface area contributed by atoms with Crippen molar-refractivity contribution in [2.45, 2.75) is 31.7 Å². The topological polar surface area (TPSA) is 43.8 Å². The fourth-order valence-corrected chi connectivity index (χ4v) is 4.37. The molecule has 0 bridgehead atoms. The Bertz CT molecular complexity index is 789. The molecule has 1 fully saturated rings. The van der Waals surface area contributed by atoms with E-state index in [0.717, 1.165) is 45.4 Å². The molecule has 2 aromatic carbocycles. The molecule has 0 spiro atoms. The quantitative estimate of drug-likeness (QED) is 0.835. The molecular formula is C22H26N2O2. The minimum absolute atomic E-state index is 0.277. The third-order valence-electron chi connectivity index (χ3n) is 5.68. The van der Waals surface area contributed by atoms with Crippen molar-refractivity contribution in [3.8, 4) is 0 Å². The molecule has 1 unspecified atom stereocenters. The molecule has 0 aromatic heterocycles. The summed E-state index contributed by atoms with van der Waals surface area (Å²) in [5.41, 5.74) is 5.66. The van der Waals surface area contributed by atoms with Gasteiger partial charge in [-0.05, 0) is 48.6 Å². The van der Waals surface area contributed by atoms with Crippen LogP contribution in [0.3, 0.4) is 0 Å². The maximum atomic E-state index is 10.7. The van der Waals surface area contributed by atoms with Gasteiger partial charge < -0.3 is 10.0 Å². The first kappa shape index (κ1) is 17.1. The Morgan fingerprint density at radius 2 is 1.77 bits per heavy atom. The fourth-order valence-electron chi connectivity index (χ4n) is 4.37. The highest BCUT2D eigenvalue weighted by Crippen LogP contribution is 2.39. The highest BCUT2D eigenvalue weighted by atomic mass is 16.4. The minimum atomic E-state index is -0.691. The van der Waals surface area contributed by atoms with Gasteiger partial charge in [0.15, 0.2) is 0 Å². The first-order valence-electron chi connectivity index (χ1n) is 9.59. The normalized spacial score (nSPS) is 19.2. The minimum Gasteiger partial charge on any atom is -0.481 e. The van der Waals surface area contributed by atoms with Crippen LogP contribution in [0.5, 0.6) is 0 Å². The van der Waals surface area contributed by atoms with Crippen LogP contribution in [0.25, 0.3) is 0 Å². The van der Waals surface area contributed by atoms with Crippen LogP contribution in [0.1, 0.15) is 42.0 Å². The van der Waals surface area contributed by atoms with Crippen LogP contribution >= 0.6 is 0 Å². The van der Waals surface area contributed by atoms with Gasteiger partial charge >= 0.3 is 5.97 Å². The molecule has 2 aliphatic heterocycles. The van der Waals surface area contributed by atoms with E-state index in [1.165, 1.54) is 22.4 Å². The van der Waals surface area contributed by atoms with Crippen LogP contribution in [-0.2, 0) is 11.2 Å². The summed E-state index contributed by atoms with van der Waals surface area (Å²) in [6.45, 7) is 4.06. The molecule has 136 valence electrons. The molecule has 4 nitrogen and oxygen atoms in total. The number of piperazine rings is 1. The lowest BCUT2D eigenvalue weighted by Gasteiger charge is -2.43. The molecule has 2 aromatic rings. The summed E-state index contributed by atoms with van der Waals surface area (Å²) in [5, 5.41) is 8.82. The Labute approximate surface area is 155 Å². The molecule has 0 saturated carbocycles. The number of rotatable bonds is 5. The summed E-state index contributed by atoms with van der Waals surface area (Å²) in [6, 6.07) is 18.0. The molecule has 1 saturated heterocycles. The van der Waals surface area contributed by atoms with Crippen LogP contribution < -0.4 is 4.90 Å². The van der Waals surface area contributed by atoms with Gasteiger partial charge in [0, 0.05) is 31.7 Å². The lowest BCUT2D eigenvalue weighted by atomic mass is 9.96. The van der Waals surface area contributed by atoms with Gasteiger partial charge in [-0.1, -0.05) is 42.5 Å². The predicted octanol–water partition coefficient (Wildman–Crippen LogP) is 3.71. The molecule has 1 atom stereocenters. The van der Waals surface area contributed by atoms with E-state index in [4.69, 9.17) is 5.11 Å². The average molecular weight is 350 g/mol. The van der Waals surface area contributed by atoms with Crippen molar-refractivity contribution in [3.05, 3.63) is 65.2 Å². The molecule has 0 aliphatic carbocycles. The number of carbonyl (C=O) groups is 1. The van der Waals surface area contributed by atoms with Gasteiger partial charge in [0.25, 0.3) is 0 Å². The van der Waals surface area contributed by atoms with Crippen molar-refractivity contribution in [2.75, 3.05) is 31.1 Å². The standard InChI is InChI=1S/C22H26N2O2/c25-22(26)11-5-6-12-23-13-14-24-20-10-4-2-8-18(20)15-17-7-1-3-9-19(17)21(24)16-23/h1-4,7-10,21H,5-6,11-16H2,(H,25,26). The second-order valence-electron chi connectivity index (χ2n) is 7.36. The number of anilines is 1. The van der Waals surface area contributed by atoms with Gasteiger partial charge in [0.05, 0.1) is 6.04 Å². The molecule has 4 heteroatoms. The molecule has 4 rings (SSSR count). The summed E-state index contributed by atoms with van der Waals surface area (Å²) in [5.74, 6) is -0.691. The highest BCUT2D eigenvalue weighted by Gasteiger charge is 2.32. The van der Waals surface area contributed by atoms with Gasteiger partial charge in [-0.15, -0.1) is 0 Å². The van der Waals surface area contributed by atoms with Gasteiger partial charge in [0.2, 0.25) is 0 Å². The molecular weight excluding hydrogens is 324 g/mol. The summed E-state index contributed by atoms with van der Waals surface area (Å²) in [4.78, 5) is 15.8. The number of unbranched alkanes of at least 4 members (excludes halogenated alkanes) is 1. The number of fused-ring (bicyclic) bond motifs is 5. The van der Waals surface area contributed by atoms with Crippen molar-refractivity contribution < 1.29 is 9.90 Å².